The summed E-state index contributed by atoms with van der Waals surface area (Å²) in [5.74, 6) is 1.46. The fourth-order valence-electron chi connectivity index (χ4n) is 2.47. The van der Waals surface area contributed by atoms with Gasteiger partial charge in [0.1, 0.15) is 5.82 Å². The van der Waals surface area contributed by atoms with E-state index in [1.54, 1.807) is 17.8 Å². The Morgan fingerprint density at radius 1 is 1.45 bits per heavy atom. The lowest BCUT2D eigenvalue weighted by Gasteiger charge is -2.23. The van der Waals surface area contributed by atoms with Crippen LogP contribution in [-0.2, 0) is 0 Å². The first-order valence-electron chi connectivity index (χ1n) is 6.67. The van der Waals surface area contributed by atoms with Crippen molar-refractivity contribution in [1.29, 1.82) is 0 Å². The Bertz CT molecular complexity index is 641. The van der Waals surface area contributed by atoms with Crippen LogP contribution in [0, 0.1) is 12.7 Å². The zero-order chi connectivity index (χ0) is 14.2. The van der Waals surface area contributed by atoms with Gasteiger partial charge in [-0.25, -0.2) is 4.39 Å². The van der Waals surface area contributed by atoms with E-state index in [0.29, 0.717) is 6.54 Å². The average molecular weight is 292 g/mol. The number of rotatable bonds is 3. The Morgan fingerprint density at radius 3 is 3.05 bits per heavy atom. The lowest BCUT2D eigenvalue weighted by atomic mass is 10.0. The zero-order valence-corrected chi connectivity index (χ0v) is 12.1. The molecule has 0 radical (unpaired) electrons. The highest BCUT2D eigenvalue weighted by atomic mass is 32.2. The predicted octanol–water partition coefficient (Wildman–Crippen LogP) is 2.96. The van der Waals surface area contributed by atoms with Crippen LogP contribution in [0.1, 0.15) is 12.1 Å². The molecule has 0 aliphatic carbocycles. The number of aromatic nitrogens is 1. The van der Waals surface area contributed by atoms with Crippen molar-refractivity contribution in [3.8, 4) is 0 Å². The standard InChI is InChI=1S/C15H17FN2OS/c1-10-6-14(17-8-15(19)4-5-20-9-15)12-7-11(16)2-3-13(12)18-10/h2-3,6-7,19H,4-5,8-9H2,1H3,(H,17,18). The van der Waals surface area contributed by atoms with Gasteiger partial charge in [-0.05, 0) is 43.4 Å². The summed E-state index contributed by atoms with van der Waals surface area (Å²) in [7, 11) is 0. The number of nitrogens with zero attached hydrogens (tertiary/aromatic N) is 1. The van der Waals surface area contributed by atoms with Gasteiger partial charge in [0.2, 0.25) is 0 Å². The molecule has 1 fully saturated rings. The smallest absolute Gasteiger partial charge is 0.124 e. The van der Waals surface area contributed by atoms with E-state index in [9.17, 15) is 9.50 Å². The first kappa shape index (κ1) is 13.6. The minimum absolute atomic E-state index is 0.277. The third-order valence-corrected chi connectivity index (χ3v) is 4.82. The van der Waals surface area contributed by atoms with Crippen LogP contribution in [0.2, 0.25) is 0 Å². The maximum absolute atomic E-state index is 13.4. The Balaban J connectivity index is 1.91. The van der Waals surface area contributed by atoms with E-state index in [1.165, 1.54) is 12.1 Å². The van der Waals surface area contributed by atoms with E-state index < -0.39 is 5.60 Å². The van der Waals surface area contributed by atoms with Gasteiger partial charge in [0.05, 0.1) is 11.1 Å². The van der Waals surface area contributed by atoms with E-state index in [-0.39, 0.29) is 5.82 Å². The Morgan fingerprint density at radius 2 is 2.30 bits per heavy atom. The molecular weight excluding hydrogens is 275 g/mol. The summed E-state index contributed by atoms with van der Waals surface area (Å²) >= 11 is 1.76. The fraction of sp³-hybridized carbons (Fsp3) is 0.400. The molecule has 0 bridgehead atoms. The van der Waals surface area contributed by atoms with Crippen molar-refractivity contribution in [2.75, 3.05) is 23.4 Å². The Kier molecular flexibility index (Phi) is 3.56. The van der Waals surface area contributed by atoms with Gasteiger partial charge in [-0.3, -0.25) is 4.98 Å². The Labute approximate surface area is 121 Å². The number of nitrogens with one attached hydrogen (secondary N) is 1. The molecule has 20 heavy (non-hydrogen) atoms. The number of pyridine rings is 1. The largest absolute Gasteiger partial charge is 0.387 e. The predicted molar refractivity (Wildman–Crippen MR) is 81.8 cm³/mol. The van der Waals surface area contributed by atoms with Crippen LogP contribution in [0.15, 0.2) is 24.3 Å². The van der Waals surface area contributed by atoms with Crippen molar-refractivity contribution < 1.29 is 9.50 Å². The molecule has 1 saturated heterocycles. The van der Waals surface area contributed by atoms with Crippen LogP contribution in [-0.4, -0.2) is 33.7 Å². The number of hydrogen-bond acceptors (Lipinski definition) is 4. The highest BCUT2D eigenvalue weighted by Crippen LogP contribution is 2.30. The molecule has 3 nitrogen and oxygen atoms in total. The fourth-order valence-corrected chi connectivity index (χ4v) is 3.77. The normalized spacial score (nSPS) is 22.4. The molecule has 3 rings (SSSR count). The van der Waals surface area contributed by atoms with Crippen molar-refractivity contribution in [2.24, 2.45) is 0 Å². The average Bonchev–Trinajstić information content (AvgIpc) is 2.84. The highest BCUT2D eigenvalue weighted by molar-refractivity contribution is 7.99. The third-order valence-electron chi connectivity index (χ3n) is 3.59. The molecule has 1 aliphatic heterocycles. The van der Waals surface area contributed by atoms with E-state index in [1.807, 2.05) is 13.0 Å². The summed E-state index contributed by atoms with van der Waals surface area (Å²) in [4.78, 5) is 4.40. The number of thioether (sulfide) groups is 1. The molecule has 0 saturated carbocycles. The van der Waals surface area contributed by atoms with Gasteiger partial charge >= 0.3 is 0 Å². The number of fused-ring (bicyclic) bond motifs is 1. The van der Waals surface area contributed by atoms with E-state index in [4.69, 9.17) is 0 Å². The second-order valence-electron chi connectivity index (χ2n) is 5.35. The number of hydrogen-bond donors (Lipinski definition) is 2. The van der Waals surface area contributed by atoms with E-state index in [0.717, 1.165) is 40.2 Å². The van der Waals surface area contributed by atoms with Gasteiger partial charge in [0.25, 0.3) is 0 Å². The lowest BCUT2D eigenvalue weighted by Crippen LogP contribution is -2.36. The minimum atomic E-state index is -0.665. The monoisotopic (exact) mass is 292 g/mol. The molecule has 106 valence electrons. The number of anilines is 1. The SMILES string of the molecule is Cc1cc(NCC2(O)CCSC2)c2cc(F)ccc2n1. The molecule has 1 unspecified atom stereocenters. The van der Waals surface area contributed by atoms with Crippen LogP contribution in [0.3, 0.4) is 0 Å². The van der Waals surface area contributed by atoms with Crippen molar-refractivity contribution >= 4 is 28.4 Å². The van der Waals surface area contributed by atoms with Gasteiger partial charge in [-0.15, -0.1) is 0 Å². The zero-order valence-electron chi connectivity index (χ0n) is 11.3. The molecular formula is C15H17FN2OS. The highest BCUT2D eigenvalue weighted by Gasteiger charge is 2.31. The Hall–Kier alpha value is -1.33. The molecule has 1 aromatic heterocycles. The van der Waals surface area contributed by atoms with Crippen LogP contribution < -0.4 is 5.32 Å². The summed E-state index contributed by atoms with van der Waals surface area (Å²) in [6, 6.07) is 6.48. The van der Waals surface area contributed by atoms with Crippen LogP contribution in [0.25, 0.3) is 10.9 Å². The molecule has 0 spiro atoms. The summed E-state index contributed by atoms with van der Waals surface area (Å²) in [5.41, 5.74) is 1.81. The number of aliphatic hydroxyl groups is 1. The maximum Gasteiger partial charge on any atom is 0.124 e. The van der Waals surface area contributed by atoms with Crippen LogP contribution in [0.4, 0.5) is 10.1 Å². The van der Waals surface area contributed by atoms with Crippen molar-refractivity contribution in [3.05, 3.63) is 35.8 Å². The van der Waals surface area contributed by atoms with Crippen LogP contribution in [0.5, 0.6) is 0 Å². The first-order valence-corrected chi connectivity index (χ1v) is 7.82. The topological polar surface area (TPSA) is 45.1 Å². The summed E-state index contributed by atoms with van der Waals surface area (Å²) in [6.07, 6.45) is 0.793. The molecule has 1 atom stereocenters. The van der Waals surface area contributed by atoms with E-state index >= 15 is 0 Å². The third kappa shape index (κ3) is 2.74. The summed E-state index contributed by atoms with van der Waals surface area (Å²) in [5, 5.41) is 14.4. The molecule has 2 heterocycles. The van der Waals surface area contributed by atoms with Crippen LogP contribution >= 0.6 is 11.8 Å². The number of aryl methyl sites for hydroxylation is 1. The van der Waals surface area contributed by atoms with Crippen molar-refractivity contribution in [3.63, 3.8) is 0 Å². The summed E-state index contributed by atoms with van der Waals surface area (Å²) < 4.78 is 13.4. The quantitative estimate of drug-likeness (QED) is 0.913. The second-order valence-corrected chi connectivity index (χ2v) is 6.46. The second kappa shape index (κ2) is 5.22. The number of halogens is 1. The summed E-state index contributed by atoms with van der Waals surface area (Å²) in [6.45, 7) is 2.39. The van der Waals surface area contributed by atoms with E-state index in [2.05, 4.69) is 10.3 Å². The minimum Gasteiger partial charge on any atom is -0.387 e. The van der Waals surface area contributed by atoms with Gasteiger partial charge < -0.3 is 10.4 Å². The van der Waals surface area contributed by atoms with Gasteiger partial charge in [-0.1, -0.05) is 0 Å². The lowest BCUT2D eigenvalue weighted by molar-refractivity contribution is 0.0820. The molecule has 2 aromatic rings. The van der Waals surface area contributed by atoms with Gasteiger partial charge in [-0.2, -0.15) is 11.8 Å². The molecule has 1 aromatic carbocycles. The molecule has 1 aliphatic rings. The maximum atomic E-state index is 13.4. The molecule has 2 N–H and O–H groups in total. The van der Waals surface area contributed by atoms with Gasteiger partial charge in [0, 0.05) is 29.1 Å². The van der Waals surface area contributed by atoms with Gasteiger partial charge in [0.15, 0.2) is 0 Å². The van der Waals surface area contributed by atoms with Crippen molar-refractivity contribution in [2.45, 2.75) is 18.9 Å². The van der Waals surface area contributed by atoms with Crippen molar-refractivity contribution in [1.82, 2.24) is 4.98 Å². The number of benzene rings is 1. The molecule has 5 heteroatoms. The molecule has 0 amide bonds. The first-order chi connectivity index (χ1) is 9.56.